The lowest BCUT2D eigenvalue weighted by atomic mass is 10.1. The third-order valence-electron chi connectivity index (χ3n) is 4.91. The molecule has 1 aliphatic heterocycles. The minimum absolute atomic E-state index is 0.0139. The van der Waals surface area contributed by atoms with Gasteiger partial charge in [-0.05, 0) is 18.6 Å². The van der Waals surface area contributed by atoms with Crippen LogP contribution in [0.15, 0.2) is 47.8 Å². The molecule has 0 radical (unpaired) electrons. The Balaban J connectivity index is 1.54. The number of para-hydroxylation sites is 1. The average Bonchev–Trinajstić information content (AvgIpc) is 3.29. The zero-order chi connectivity index (χ0) is 21.3. The molecule has 3 aromatic rings. The van der Waals surface area contributed by atoms with E-state index in [2.05, 4.69) is 15.3 Å². The number of carbonyl (C=O) groups is 2. The summed E-state index contributed by atoms with van der Waals surface area (Å²) in [4.78, 5) is 34.0. The van der Waals surface area contributed by atoms with Crippen molar-refractivity contribution in [2.75, 3.05) is 17.3 Å². The third-order valence-corrected chi connectivity index (χ3v) is 7.59. The maximum Gasteiger partial charge on any atom is 0.230 e. The standard InChI is InChI=1S/C20H20N4O4S2/c1-24-8-7-21-20(24)19(26)15-10-18(23-16-5-3-2-4-14(15)16)29-11-17(25)22-13-6-9-30(27,28)12-13/h2-5,7-8,10,13H,6,9,11-12H2,1H3,(H,22,25). The van der Waals surface area contributed by atoms with Crippen LogP contribution in [0.5, 0.6) is 0 Å². The van der Waals surface area contributed by atoms with Gasteiger partial charge in [0.25, 0.3) is 0 Å². The normalized spacial score (nSPS) is 17.8. The number of sulfone groups is 1. The van der Waals surface area contributed by atoms with Crippen molar-refractivity contribution in [3.8, 4) is 0 Å². The van der Waals surface area contributed by atoms with Gasteiger partial charge in [0.2, 0.25) is 11.7 Å². The maximum absolute atomic E-state index is 13.1. The molecule has 1 amide bonds. The van der Waals surface area contributed by atoms with Gasteiger partial charge in [-0.25, -0.2) is 18.4 Å². The first-order valence-corrected chi connectivity index (χ1v) is 12.2. The molecule has 1 saturated heterocycles. The Bertz CT molecular complexity index is 1240. The molecule has 1 aliphatic rings. The fourth-order valence-electron chi connectivity index (χ4n) is 3.44. The Morgan fingerprint density at radius 1 is 1.30 bits per heavy atom. The number of aromatic nitrogens is 3. The van der Waals surface area contributed by atoms with E-state index < -0.39 is 9.84 Å². The van der Waals surface area contributed by atoms with E-state index in [-0.39, 0.29) is 35.0 Å². The number of hydrogen-bond acceptors (Lipinski definition) is 7. The fourth-order valence-corrected chi connectivity index (χ4v) is 5.84. The molecule has 10 heteroatoms. The predicted octanol–water partition coefficient (Wildman–Crippen LogP) is 1.59. The highest BCUT2D eigenvalue weighted by atomic mass is 32.2. The Kier molecular flexibility index (Phi) is 5.61. The molecule has 0 spiro atoms. The molecule has 0 bridgehead atoms. The molecule has 4 rings (SSSR count). The largest absolute Gasteiger partial charge is 0.352 e. The van der Waals surface area contributed by atoms with Crippen molar-refractivity contribution in [1.29, 1.82) is 0 Å². The molecule has 0 aliphatic carbocycles. The van der Waals surface area contributed by atoms with Gasteiger partial charge in [0.1, 0.15) is 0 Å². The zero-order valence-electron chi connectivity index (χ0n) is 16.2. The van der Waals surface area contributed by atoms with E-state index in [9.17, 15) is 18.0 Å². The number of thioether (sulfide) groups is 1. The fraction of sp³-hybridized carbons (Fsp3) is 0.300. The quantitative estimate of drug-likeness (QED) is 0.454. The second-order valence-corrected chi connectivity index (χ2v) is 10.4. The van der Waals surface area contributed by atoms with Gasteiger partial charge in [0.05, 0.1) is 27.8 Å². The first-order chi connectivity index (χ1) is 14.3. The number of imidazole rings is 1. The van der Waals surface area contributed by atoms with Crippen LogP contribution in [0.2, 0.25) is 0 Å². The number of ketones is 1. The van der Waals surface area contributed by atoms with Crippen molar-refractivity contribution >= 4 is 44.2 Å². The van der Waals surface area contributed by atoms with E-state index >= 15 is 0 Å². The zero-order valence-corrected chi connectivity index (χ0v) is 17.9. The van der Waals surface area contributed by atoms with Gasteiger partial charge in [0.15, 0.2) is 15.7 Å². The molecule has 1 fully saturated rings. The molecule has 1 N–H and O–H groups in total. The Labute approximate surface area is 178 Å². The van der Waals surface area contributed by atoms with E-state index in [0.717, 1.165) is 5.39 Å². The van der Waals surface area contributed by atoms with Gasteiger partial charge < -0.3 is 9.88 Å². The summed E-state index contributed by atoms with van der Waals surface area (Å²) >= 11 is 1.21. The van der Waals surface area contributed by atoms with Crippen molar-refractivity contribution in [3.63, 3.8) is 0 Å². The molecule has 3 heterocycles. The summed E-state index contributed by atoms with van der Waals surface area (Å²) in [5.41, 5.74) is 1.13. The third kappa shape index (κ3) is 4.39. The summed E-state index contributed by atoms with van der Waals surface area (Å²) in [5.74, 6) is 0.0218. The molecule has 8 nitrogen and oxygen atoms in total. The average molecular weight is 445 g/mol. The van der Waals surface area contributed by atoms with Crippen LogP contribution in [-0.2, 0) is 21.7 Å². The highest BCUT2D eigenvalue weighted by Crippen LogP contribution is 2.26. The smallest absolute Gasteiger partial charge is 0.230 e. The van der Waals surface area contributed by atoms with Crippen molar-refractivity contribution in [1.82, 2.24) is 19.9 Å². The van der Waals surface area contributed by atoms with E-state index in [1.165, 1.54) is 11.8 Å². The lowest BCUT2D eigenvalue weighted by molar-refractivity contribution is -0.119. The van der Waals surface area contributed by atoms with Gasteiger partial charge in [-0.1, -0.05) is 30.0 Å². The predicted molar refractivity (Wildman–Crippen MR) is 114 cm³/mol. The summed E-state index contributed by atoms with van der Waals surface area (Å²) in [7, 11) is -1.30. The molecule has 156 valence electrons. The summed E-state index contributed by atoms with van der Waals surface area (Å²) in [5, 5.41) is 4.02. The number of rotatable bonds is 6. The van der Waals surface area contributed by atoms with Crippen LogP contribution in [0.4, 0.5) is 0 Å². The van der Waals surface area contributed by atoms with Crippen LogP contribution in [-0.4, -0.2) is 57.9 Å². The topological polar surface area (TPSA) is 111 Å². The van der Waals surface area contributed by atoms with E-state index in [1.807, 2.05) is 24.3 Å². The van der Waals surface area contributed by atoms with Crippen LogP contribution < -0.4 is 5.32 Å². The van der Waals surface area contributed by atoms with Crippen molar-refractivity contribution in [2.45, 2.75) is 17.5 Å². The minimum atomic E-state index is -3.05. The maximum atomic E-state index is 13.1. The number of fused-ring (bicyclic) bond motifs is 1. The summed E-state index contributed by atoms with van der Waals surface area (Å²) in [6.07, 6.45) is 3.72. The Morgan fingerprint density at radius 3 is 2.80 bits per heavy atom. The SMILES string of the molecule is Cn1ccnc1C(=O)c1cc(SCC(=O)NC2CCS(=O)(=O)C2)nc2ccccc12. The first-order valence-electron chi connectivity index (χ1n) is 9.37. The Hall–Kier alpha value is -2.72. The molecule has 0 saturated carbocycles. The Morgan fingerprint density at radius 2 is 2.10 bits per heavy atom. The highest BCUT2D eigenvalue weighted by Gasteiger charge is 2.29. The second-order valence-electron chi connectivity index (χ2n) is 7.17. The number of nitrogens with zero attached hydrogens (tertiary/aromatic N) is 3. The number of amides is 1. The molecule has 30 heavy (non-hydrogen) atoms. The summed E-state index contributed by atoms with van der Waals surface area (Å²) in [6, 6.07) is 8.67. The van der Waals surface area contributed by atoms with Crippen LogP contribution in [0.1, 0.15) is 22.6 Å². The van der Waals surface area contributed by atoms with E-state index in [0.29, 0.717) is 28.4 Å². The lowest BCUT2D eigenvalue weighted by Crippen LogP contribution is -2.36. The molecule has 1 atom stereocenters. The van der Waals surface area contributed by atoms with Gasteiger partial charge in [-0.2, -0.15) is 0 Å². The lowest BCUT2D eigenvalue weighted by Gasteiger charge is -2.11. The van der Waals surface area contributed by atoms with Gasteiger partial charge in [-0.15, -0.1) is 0 Å². The molecule has 1 unspecified atom stereocenters. The van der Waals surface area contributed by atoms with Crippen molar-refractivity contribution < 1.29 is 18.0 Å². The number of benzene rings is 1. The van der Waals surface area contributed by atoms with Gasteiger partial charge in [-0.3, -0.25) is 9.59 Å². The number of hydrogen-bond donors (Lipinski definition) is 1. The van der Waals surface area contributed by atoms with E-state index in [1.54, 1.807) is 30.1 Å². The number of aryl methyl sites for hydroxylation is 1. The van der Waals surface area contributed by atoms with Gasteiger partial charge >= 0.3 is 0 Å². The molecular weight excluding hydrogens is 424 g/mol. The summed E-state index contributed by atoms with van der Waals surface area (Å²) < 4.78 is 24.7. The van der Waals surface area contributed by atoms with Crippen molar-refractivity contribution in [3.05, 3.63) is 54.1 Å². The van der Waals surface area contributed by atoms with Crippen LogP contribution in [0.3, 0.4) is 0 Å². The molecular formula is C20H20N4O4S2. The van der Waals surface area contributed by atoms with E-state index in [4.69, 9.17) is 0 Å². The number of pyridine rings is 1. The number of carbonyl (C=O) groups excluding carboxylic acids is 2. The van der Waals surface area contributed by atoms with Crippen molar-refractivity contribution in [2.24, 2.45) is 7.05 Å². The second kappa shape index (κ2) is 8.19. The van der Waals surface area contributed by atoms with Crippen LogP contribution in [0, 0.1) is 0 Å². The number of nitrogens with one attached hydrogen (secondary N) is 1. The van der Waals surface area contributed by atoms with Crippen LogP contribution >= 0.6 is 11.8 Å². The summed E-state index contributed by atoms with van der Waals surface area (Å²) in [6.45, 7) is 0. The molecule has 2 aromatic heterocycles. The minimum Gasteiger partial charge on any atom is -0.352 e. The van der Waals surface area contributed by atoms with Gasteiger partial charge in [0, 0.05) is 36.4 Å². The first kappa shape index (κ1) is 20.5. The highest BCUT2D eigenvalue weighted by molar-refractivity contribution is 7.99. The van der Waals surface area contributed by atoms with Crippen LogP contribution in [0.25, 0.3) is 10.9 Å². The monoisotopic (exact) mass is 444 g/mol. The molecule has 1 aromatic carbocycles.